The van der Waals surface area contributed by atoms with E-state index in [1.54, 1.807) is 43.4 Å². The minimum atomic E-state index is -0.552. The van der Waals surface area contributed by atoms with Gasteiger partial charge in [0, 0.05) is 29.6 Å². The number of nitrogens with one attached hydrogen (secondary N) is 2. The molecular weight excluding hydrogens is 386 g/mol. The van der Waals surface area contributed by atoms with Crippen LogP contribution in [0, 0.1) is 0 Å². The normalized spacial score (nSPS) is 17.6. The molecule has 1 atom stereocenters. The third-order valence-corrected chi connectivity index (χ3v) is 5.29. The monoisotopic (exact) mass is 401 g/mol. The van der Waals surface area contributed by atoms with Crippen molar-refractivity contribution >= 4 is 51.8 Å². The molecule has 1 aliphatic rings. The molecule has 2 amide bonds. The van der Waals surface area contributed by atoms with Gasteiger partial charge in [0.15, 0.2) is 11.0 Å². The van der Waals surface area contributed by atoms with Crippen LogP contribution in [0.1, 0.15) is 22.3 Å². The molecule has 0 spiro atoms. The van der Waals surface area contributed by atoms with Gasteiger partial charge in [0.1, 0.15) is 5.25 Å². The molecule has 0 aliphatic carbocycles. The summed E-state index contributed by atoms with van der Waals surface area (Å²) >= 11 is 7.25. The Kier molecular flexibility index (Phi) is 5.93. The second kappa shape index (κ2) is 8.37. The molecule has 1 saturated heterocycles. The van der Waals surface area contributed by atoms with Gasteiger partial charge in [0.05, 0.1) is 5.69 Å². The Morgan fingerprint density at radius 2 is 1.96 bits per heavy atom. The lowest BCUT2D eigenvalue weighted by Gasteiger charge is -2.12. The molecule has 0 radical (unpaired) electrons. The highest BCUT2D eigenvalue weighted by atomic mass is 35.5. The molecule has 0 aromatic heterocycles. The van der Waals surface area contributed by atoms with Gasteiger partial charge in [-0.05, 0) is 18.2 Å². The first-order valence-electron chi connectivity index (χ1n) is 8.11. The van der Waals surface area contributed by atoms with E-state index in [2.05, 4.69) is 15.6 Å². The van der Waals surface area contributed by atoms with Gasteiger partial charge in [0.25, 0.3) is 0 Å². The lowest BCUT2D eigenvalue weighted by atomic mass is 10.0. The van der Waals surface area contributed by atoms with Crippen LogP contribution in [0.25, 0.3) is 0 Å². The first-order chi connectivity index (χ1) is 13.0. The molecule has 27 heavy (non-hydrogen) atoms. The highest BCUT2D eigenvalue weighted by Gasteiger charge is 2.32. The SMILES string of the molecule is CN=C1NC(=O)[C@@H](CC(=O)Nc2ccc(Cl)cc2C(=O)c2ccccc2)S1. The smallest absolute Gasteiger partial charge is 0.240 e. The Morgan fingerprint density at radius 1 is 1.22 bits per heavy atom. The third-order valence-electron chi connectivity index (χ3n) is 3.89. The number of anilines is 1. The number of thioether (sulfide) groups is 1. The zero-order chi connectivity index (χ0) is 19.4. The average molecular weight is 402 g/mol. The van der Waals surface area contributed by atoms with Gasteiger partial charge in [0.2, 0.25) is 11.8 Å². The Hall–Kier alpha value is -2.64. The van der Waals surface area contributed by atoms with Crippen LogP contribution in [0.5, 0.6) is 0 Å². The molecular formula is C19H16ClN3O3S. The lowest BCUT2D eigenvalue weighted by molar-refractivity contribution is -0.122. The van der Waals surface area contributed by atoms with E-state index in [4.69, 9.17) is 11.6 Å². The van der Waals surface area contributed by atoms with E-state index in [0.29, 0.717) is 27.0 Å². The molecule has 0 unspecified atom stereocenters. The van der Waals surface area contributed by atoms with E-state index in [1.165, 1.54) is 17.8 Å². The van der Waals surface area contributed by atoms with E-state index in [0.717, 1.165) is 0 Å². The van der Waals surface area contributed by atoms with Crippen LogP contribution in [-0.4, -0.2) is 35.1 Å². The molecule has 6 nitrogen and oxygen atoms in total. The van der Waals surface area contributed by atoms with Crippen molar-refractivity contribution in [2.75, 3.05) is 12.4 Å². The summed E-state index contributed by atoms with van der Waals surface area (Å²) in [7, 11) is 1.57. The molecule has 2 aromatic carbocycles. The molecule has 1 aliphatic heterocycles. The summed E-state index contributed by atoms with van der Waals surface area (Å²) in [5, 5.41) is 5.65. The van der Waals surface area contributed by atoms with Crippen LogP contribution in [0.15, 0.2) is 53.5 Å². The molecule has 2 aromatic rings. The third kappa shape index (κ3) is 4.56. The zero-order valence-corrected chi connectivity index (χ0v) is 15.9. The van der Waals surface area contributed by atoms with Gasteiger partial charge in [-0.3, -0.25) is 19.4 Å². The molecule has 1 fully saturated rings. The van der Waals surface area contributed by atoms with E-state index in [1.807, 2.05) is 6.07 Å². The summed E-state index contributed by atoms with van der Waals surface area (Å²) in [4.78, 5) is 41.0. The van der Waals surface area contributed by atoms with Crippen molar-refractivity contribution in [3.05, 3.63) is 64.7 Å². The summed E-state index contributed by atoms with van der Waals surface area (Å²) in [6, 6.07) is 13.4. The molecule has 8 heteroatoms. The van der Waals surface area contributed by atoms with Gasteiger partial charge in [-0.15, -0.1) is 0 Å². The molecule has 3 rings (SSSR count). The Morgan fingerprint density at radius 3 is 2.63 bits per heavy atom. The van der Waals surface area contributed by atoms with E-state index in [-0.39, 0.29) is 24.0 Å². The maximum Gasteiger partial charge on any atom is 0.240 e. The van der Waals surface area contributed by atoms with Crippen LogP contribution in [0.2, 0.25) is 5.02 Å². The quantitative estimate of drug-likeness (QED) is 0.753. The number of amides is 2. The molecule has 2 N–H and O–H groups in total. The van der Waals surface area contributed by atoms with Gasteiger partial charge in [-0.2, -0.15) is 0 Å². The molecule has 0 saturated carbocycles. The number of benzene rings is 2. The number of ketones is 1. The predicted octanol–water partition coefficient (Wildman–Crippen LogP) is 3.12. The zero-order valence-electron chi connectivity index (χ0n) is 14.4. The summed E-state index contributed by atoms with van der Waals surface area (Å²) in [6.07, 6.45) is -0.0306. The van der Waals surface area contributed by atoms with Crippen molar-refractivity contribution in [2.45, 2.75) is 11.7 Å². The van der Waals surface area contributed by atoms with Crippen molar-refractivity contribution in [3.63, 3.8) is 0 Å². The molecule has 0 bridgehead atoms. The minimum absolute atomic E-state index is 0.0306. The summed E-state index contributed by atoms with van der Waals surface area (Å²) in [5.41, 5.74) is 1.14. The standard InChI is InChI=1S/C19H16ClN3O3S/c1-21-19-23-18(26)15(27-19)10-16(24)22-14-8-7-12(20)9-13(14)17(25)11-5-3-2-4-6-11/h2-9,15H,10H2,1H3,(H,22,24)(H,21,23,26)/t15-/m1/s1. The summed E-state index contributed by atoms with van der Waals surface area (Å²) < 4.78 is 0. The van der Waals surface area contributed by atoms with Crippen LogP contribution >= 0.6 is 23.4 Å². The fraction of sp³-hybridized carbons (Fsp3) is 0.158. The number of carbonyl (C=O) groups is 3. The topological polar surface area (TPSA) is 87.6 Å². The first kappa shape index (κ1) is 19.1. The second-order valence-electron chi connectivity index (χ2n) is 5.76. The van der Waals surface area contributed by atoms with Crippen molar-refractivity contribution < 1.29 is 14.4 Å². The van der Waals surface area contributed by atoms with Gasteiger partial charge >= 0.3 is 0 Å². The maximum atomic E-state index is 12.8. The number of halogens is 1. The number of hydrogen-bond donors (Lipinski definition) is 2. The summed E-state index contributed by atoms with van der Waals surface area (Å²) in [6.45, 7) is 0. The molecule has 1 heterocycles. The van der Waals surface area contributed by atoms with Gasteiger partial charge < -0.3 is 10.6 Å². The fourth-order valence-electron chi connectivity index (χ4n) is 2.57. The van der Waals surface area contributed by atoms with Crippen LogP contribution in [-0.2, 0) is 9.59 Å². The number of amidine groups is 1. The number of rotatable bonds is 5. The Balaban J connectivity index is 1.78. The minimum Gasteiger partial charge on any atom is -0.325 e. The largest absolute Gasteiger partial charge is 0.325 e. The number of nitrogens with zero attached hydrogens (tertiary/aromatic N) is 1. The molecule has 138 valence electrons. The van der Waals surface area contributed by atoms with Gasteiger partial charge in [-0.1, -0.05) is 53.7 Å². The van der Waals surface area contributed by atoms with E-state index in [9.17, 15) is 14.4 Å². The summed E-state index contributed by atoms with van der Waals surface area (Å²) in [5.74, 6) is -0.876. The van der Waals surface area contributed by atoms with E-state index >= 15 is 0 Å². The Labute approximate surface area is 165 Å². The van der Waals surface area contributed by atoms with Crippen LogP contribution < -0.4 is 10.6 Å². The maximum absolute atomic E-state index is 12.8. The lowest BCUT2D eigenvalue weighted by Crippen LogP contribution is -2.28. The van der Waals surface area contributed by atoms with Gasteiger partial charge in [-0.25, -0.2) is 0 Å². The van der Waals surface area contributed by atoms with Crippen molar-refractivity contribution in [1.82, 2.24) is 5.32 Å². The number of carbonyl (C=O) groups excluding carboxylic acids is 3. The highest BCUT2D eigenvalue weighted by molar-refractivity contribution is 8.15. The van der Waals surface area contributed by atoms with E-state index < -0.39 is 5.25 Å². The van der Waals surface area contributed by atoms with Crippen molar-refractivity contribution in [2.24, 2.45) is 4.99 Å². The second-order valence-corrected chi connectivity index (χ2v) is 7.39. The fourth-order valence-corrected chi connectivity index (χ4v) is 3.68. The Bertz CT molecular complexity index is 931. The van der Waals surface area contributed by atoms with Crippen LogP contribution in [0.4, 0.5) is 5.69 Å². The first-order valence-corrected chi connectivity index (χ1v) is 9.37. The van der Waals surface area contributed by atoms with Crippen LogP contribution in [0.3, 0.4) is 0 Å². The van der Waals surface area contributed by atoms with Crippen molar-refractivity contribution in [3.8, 4) is 0 Å². The highest BCUT2D eigenvalue weighted by Crippen LogP contribution is 2.26. The average Bonchev–Trinajstić information content (AvgIpc) is 3.03. The number of hydrogen-bond acceptors (Lipinski definition) is 5. The predicted molar refractivity (Wildman–Crippen MR) is 107 cm³/mol. The number of aliphatic imine (C=N–C) groups is 1. The van der Waals surface area contributed by atoms with Crippen molar-refractivity contribution in [1.29, 1.82) is 0 Å².